The van der Waals surface area contributed by atoms with Crippen molar-refractivity contribution in [1.29, 1.82) is 5.26 Å². The molecule has 6 heteroatoms. The average Bonchev–Trinajstić information content (AvgIpc) is 2.58. The van der Waals surface area contributed by atoms with Crippen molar-refractivity contribution in [2.75, 3.05) is 31.1 Å². The number of benzene rings is 1. The molecule has 0 N–H and O–H groups in total. The quantitative estimate of drug-likeness (QED) is 0.827. The number of aromatic nitrogens is 1. The number of hydrogen-bond acceptors (Lipinski definition) is 4. The van der Waals surface area contributed by atoms with Crippen LogP contribution in [0.5, 0.6) is 0 Å². The SMILES string of the molecule is N#Cc1cccnc1N1CCN(Cc2ccc(Br)cc2F)CC1. The van der Waals surface area contributed by atoms with Crippen LogP contribution in [-0.4, -0.2) is 36.1 Å². The van der Waals surface area contributed by atoms with Crippen molar-refractivity contribution in [2.24, 2.45) is 0 Å². The fourth-order valence-electron chi connectivity index (χ4n) is 2.74. The predicted molar refractivity (Wildman–Crippen MR) is 90.5 cm³/mol. The van der Waals surface area contributed by atoms with E-state index in [0.717, 1.165) is 36.5 Å². The number of anilines is 1. The molecule has 1 aromatic heterocycles. The fourth-order valence-corrected chi connectivity index (χ4v) is 3.08. The molecule has 23 heavy (non-hydrogen) atoms. The van der Waals surface area contributed by atoms with Gasteiger partial charge in [0, 0.05) is 49.0 Å². The van der Waals surface area contributed by atoms with E-state index in [0.29, 0.717) is 17.7 Å². The fraction of sp³-hybridized carbons (Fsp3) is 0.294. The Kier molecular flexibility index (Phi) is 4.89. The Labute approximate surface area is 143 Å². The average molecular weight is 375 g/mol. The van der Waals surface area contributed by atoms with E-state index in [1.54, 1.807) is 18.3 Å². The van der Waals surface area contributed by atoms with Gasteiger partial charge in [-0.25, -0.2) is 9.37 Å². The van der Waals surface area contributed by atoms with E-state index in [2.05, 4.69) is 36.8 Å². The standard InChI is InChI=1S/C17H16BrFN4/c18-15-4-3-14(16(19)10-15)12-22-6-8-23(9-7-22)17-13(11-20)2-1-5-21-17/h1-5,10H,6-9,12H2. The maximum atomic E-state index is 13.9. The molecule has 4 nitrogen and oxygen atoms in total. The first kappa shape index (κ1) is 15.9. The zero-order valence-corrected chi connectivity index (χ0v) is 14.1. The number of pyridine rings is 1. The minimum Gasteiger partial charge on any atom is -0.353 e. The van der Waals surface area contributed by atoms with Gasteiger partial charge >= 0.3 is 0 Å². The van der Waals surface area contributed by atoms with Gasteiger partial charge in [0.25, 0.3) is 0 Å². The third-order valence-electron chi connectivity index (χ3n) is 3.99. The summed E-state index contributed by atoms with van der Waals surface area (Å²) in [7, 11) is 0. The molecule has 0 saturated carbocycles. The number of halogens is 2. The molecular formula is C17H16BrFN4. The molecule has 2 heterocycles. The van der Waals surface area contributed by atoms with Crippen LogP contribution in [0.25, 0.3) is 0 Å². The van der Waals surface area contributed by atoms with Crippen LogP contribution in [0.1, 0.15) is 11.1 Å². The molecule has 2 aromatic rings. The molecule has 3 rings (SSSR count). The van der Waals surface area contributed by atoms with Gasteiger partial charge in [0.15, 0.2) is 0 Å². The summed E-state index contributed by atoms with van der Waals surface area (Å²) >= 11 is 3.28. The summed E-state index contributed by atoms with van der Waals surface area (Å²) in [5.41, 5.74) is 1.30. The lowest BCUT2D eigenvalue weighted by Crippen LogP contribution is -2.46. The molecule has 1 fully saturated rings. The second-order valence-corrected chi connectivity index (χ2v) is 6.40. The minimum atomic E-state index is -0.182. The number of rotatable bonds is 3. The molecule has 118 valence electrons. The van der Waals surface area contributed by atoms with Crippen LogP contribution in [0.3, 0.4) is 0 Å². The van der Waals surface area contributed by atoms with Crippen LogP contribution in [0.4, 0.5) is 10.2 Å². The summed E-state index contributed by atoms with van der Waals surface area (Å²) < 4.78 is 14.7. The van der Waals surface area contributed by atoms with Gasteiger partial charge in [0.05, 0.1) is 5.56 Å². The first-order chi connectivity index (χ1) is 11.2. The number of nitrogens with zero attached hydrogens (tertiary/aromatic N) is 4. The Hall–Kier alpha value is -1.97. The van der Waals surface area contributed by atoms with E-state index >= 15 is 0 Å². The monoisotopic (exact) mass is 374 g/mol. The second-order valence-electron chi connectivity index (χ2n) is 5.49. The topological polar surface area (TPSA) is 43.2 Å². The lowest BCUT2D eigenvalue weighted by molar-refractivity contribution is 0.246. The largest absolute Gasteiger partial charge is 0.353 e. The molecule has 0 spiro atoms. The normalized spacial score (nSPS) is 15.4. The van der Waals surface area contributed by atoms with Crippen LogP contribution in [0.2, 0.25) is 0 Å². The van der Waals surface area contributed by atoms with Crippen molar-refractivity contribution in [3.05, 3.63) is 57.9 Å². The van der Waals surface area contributed by atoms with E-state index in [4.69, 9.17) is 0 Å². The Morgan fingerprint density at radius 2 is 2.00 bits per heavy atom. The van der Waals surface area contributed by atoms with Gasteiger partial charge < -0.3 is 4.90 Å². The van der Waals surface area contributed by atoms with Crippen LogP contribution < -0.4 is 4.90 Å². The highest BCUT2D eigenvalue weighted by molar-refractivity contribution is 9.10. The second kappa shape index (κ2) is 7.07. The highest BCUT2D eigenvalue weighted by atomic mass is 79.9. The van der Waals surface area contributed by atoms with Crippen LogP contribution >= 0.6 is 15.9 Å². The number of hydrogen-bond donors (Lipinski definition) is 0. The molecule has 1 saturated heterocycles. The van der Waals surface area contributed by atoms with Crippen molar-refractivity contribution >= 4 is 21.7 Å². The molecule has 0 amide bonds. The zero-order chi connectivity index (χ0) is 16.2. The molecule has 0 atom stereocenters. The molecule has 0 unspecified atom stereocenters. The van der Waals surface area contributed by atoms with Gasteiger partial charge in [-0.2, -0.15) is 5.26 Å². The van der Waals surface area contributed by atoms with Crippen molar-refractivity contribution < 1.29 is 4.39 Å². The maximum Gasteiger partial charge on any atom is 0.146 e. The summed E-state index contributed by atoms with van der Waals surface area (Å²) in [6.07, 6.45) is 1.71. The van der Waals surface area contributed by atoms with E-state index in [-0.39, 0.29) is 5.82 Å². The summed E-state index contributed by atoms with van der Waals surface area (Å²) in [4.78, 5) is 8.66. The first-order valence-corrected chi connectivity index (χ1v) is 8.23. The highest BCUT2D eigenvalue weighted by Crippen LogP contribution is 2.20. The lowest BCUT2D eigenvalue weighted by Gasteiger charge is -2.35. The van der Waals surface area contributed by atoms with Crippen LogP contribution in [0.15, 0.2) is 41.0 Å². The summed E-state index contributed by atoms with van der Waals surface area (Å²) in [5, 5.41) is 9.18. The lowest BCUT2D eigenvalue weighted by atomic mass is 10.1. The third-order valence-corrected chi connectivity index (χ3v) is 4.48. The molecule has 0 bridgehead atoms. The van der Waals surface area contributed by atoms with Gasteiger partial charge in [0.1, 0.15) is 17.7 Å². The highest BCUT2D eigenvalue weighted by Gasteiger charge is 2.20. The first-order valence-electron chi connectivity index (χ1n) is 7.44. The van der Waals surface area contributed by atoms with E-state index < -0.39 is 0 Å². The Balaban J connectivity index is 1.63. The molecule has 1 aromatic carbocycles. The van der Waals surface area contributed by atoms with Gasteiger partial charge in [-0.3, -0.25) is 4.90 Å². The van der Waals surface area contributed by atoms with Crippen molar-refractivity contribution in [3.63, 3.8) is 0 Å². The van der Waals surface area contributed by atoms with Gasteiger partial charge in [-0.15, -0.1) is 0 Å². The third kappa shape index (κ3) is 3.69. The Morgan fingerprint density at radius 3 is 2.70 bits per heavy atom. The number of piperazine rings is 1. The van der Waals surface area contributed by atoms with E-state index in [1.165, 1.54) is 6.07 Å². The molecule has 0 radical (unpaired) electrons. The zero-order valence-electron chi connectivity index (χ0n) is 12.5. The minimum absolute atomic E-state index is 0.182. The van der Waals surface area contributed by atoms with E-state index in [1.807, 2.05) is 12.1 Å². The Bertz CT molecular complexity index is 736. The van der Waals surface area contributed by atoms with Crippen molar-refractivity contribution in [2.45, 2.75) is 6.54 Å². The van der Waals surface area contributed by atoms with Gasteiger partial charge in [-0.05, 0) is 24.3 Å². The maximum absolute atomic E-state index is 13.9. The number of nitriles is 1. The summed E-state index contributed by atoms with van der Waals surface area (Å²) in [5.74, 6) is 0.558. The smallest absolute Gasteiger partial charge is 0.146 e. The van der Waals surface area contributed by atoms with Crippen LogP contribution in [0, 0.1) is 17.1 Å². The molecule has 0 aliphatic carbocycles. The van der Waals surface area contributed by atoms with Crippen molar-refractivity contribution in [3.8, 4) is 6.07 Å². The van der Waals surface area contributed by atoms with Crippen LogP contribution in [-0.2, 0) is 6.54 Å². The molecule has 1 aliphatic heterocycles. The van der Waals surface area contributed by atoms with E-state index in [9.17, 15) is 9.65 Å². The predicted octanol–water partition coefficient (Wildman–Crippen LogP) is 3.18. The van der Waals surface area contributed by atoms with Gasteiger partial charge in [0.2, 0.25) is 0 Å². The van der Waals surface area contributed by atoms with Gasteiger partial charge in [-0.1, -0.05) is 22.0 Å². The van der Waals surface area contributed by atoms with Crippen molar-refractivity contribution in [1.82, 2.24) is 9.88 Å². The molecule has 1 aliphatic rings. The summed E-state index contributed by atoms with van der Waals surface area (Å²) in [6.45, 7) is 3.79. The molecular weight excluding hydrogens is 359 g/mol. The Morgan fingerprint density at radius 1 is 1.22 bits per heavy atom. The summed E-state index contributed by atoms with van der Waals surface area (Å²) in [6, 6.07) is 10.9.